The highest BCUT2D eigenvalue weighted by Gasteiger charge is 2.50. The smallest absolute Gasteiger partial charge is 0.159 e. The molecule has 12 aromatic rings. The molecule has 0 fully saturated rings. The van der Waals surface area contributed by atoms with Crippen molar-refractivity contribution in [3.05, 3.63) is 270 Å². The molecule has 0 saturated carbocycles. The zero-order valence-corrected chi connectivity index (χ0v) is 41.1. The van der Waals surface area contributed by atoms with Crippen molar-refractivity contribution in [1.82, 2.24) is 0 Å². The maximum absolute atomic E-state index is 7.33. The van der Waals surface area contributed by atoms with Crippen molar-refractivity contribution in [3.63, 3.8) is 0 Å². The number of thiophene rings is 1. The van der Waals surface area contributed by atoms with Crippen molar-refractivity contribution in [1.29, 1.82) is 0 Å². The van der Waals surface area contributed by atoms with Gasteiger partial charge < -0.3 is 9.64 Å². The minimum Gasteiger partial charge on any atom is -0.454 e. The van der Waals surface area contributed by atoms with Gasteiger partial charge in [0.25, 0.3) is 0 Å². The summed E-state index contributed by atoms with van der Waals surface area (Å²) >= 11 is 1.92. The molecule has 2 heterocycles. The summed E-state index contributed by atoms with van der Waals surface area (Å²) in [6.07, 6.45) is 0. The largest absolute Gasteiger partial charge is 0.454 e. The van der Waals surface area contributed by atoms with Crippen LogP contribution in [0.5, 0.6) is 11.5 Å². The van der Waals surface area contributed by atoms with Crippen LogP contribution in [0.2, 0.25) is 0 Å². The fraction of sp³-hybridized carbons (Fsp3) is 0.0571. The van der Waals surface area contributed by atoms with Gasteiger partial charge in [0.15, 0.2) is 5.75 Å². The van der Waals surface area contributed by atoms with E-state index in [1.807, 2.05) is 11.3 Å². The molecule has 16 rings (SSSR count). The van der Waals surface area contributed by atoms with Crippen LogP contribution in [-0.2, 0) is 10.8 Å². The number of hydrogen-bond donors (Lipinski definition) is 0. The molecule has 1 aliphatic heterocycles. The first-order chi connectivity index (χ1) is 36.0. The molecule has 0 radical (unpaired) electrons. The maximum Gasteiger partial charge on any atom is 0.159 e. The highest BCUT2D eigenvalue weighted by atomic mass is 32.1. The van der Waals surface area contributed by atoms with Crippen LogP contribution in [0.15, 0.2) is 237 Å². The second kappa shape index (κ2) is 14.9. The second-order valence-corrected chi connectivity index (χ2v) is 21.7. The van der Waals surface area contributed by atoms with Crippen molar-refractivity contribution in [2.24, 2.45) is 0 Å². The SMILES string of the molecule is CC1(C)c2ccccc2-c2ccc(N(c3ccc4c(c3)-c3ccccc3-c3ccccc3C43c4ccccc4-c4c3ccc3c4sc4ccccc43)c3cccc4c3Oc3ccccc3-c3ccccc3-4)cc21. The average Bonchev–Trinajstić information content (AvgIpc) is 4.06. The summed E-state index contributed by atoms with van der Waals surface area (Å²) in [7, 11) is 0. The summed E-state index contributed by atoms with van der Waals surface area (Å²) < 4.78 is 9.99. The lowest BCUT2D eigenvalue weighted by Gasteiger charge is -2.36. The number of nitrogens with zero attached hydrogens (tertiary/aromatic N) is 1. The molecule has 3 heteroatoms. The summed E-state index contributed by atoms with van der Waals surface area (Å²) in [4.78, 5) is 2.47. The Labute approximate surface area is 428 Å². The van der Waals surface area contributed by atoms with Gasteiger partial charge >= 0.3 is 0 Å². The number of hydrogen-bond acceptors (Lipinski definition) is 3. The van der Waals surface area contributed by atoms with Crippen LogP contribution >= 0.6 is 11.3 Å². The fourth-order valence-corrected chi connectivity index (χ4v) is 14.9. The predicted octanol–water partition coefficient (Wildman–Crippen LogP) is 19.3. The maximum atomic E-state index is 7.33. The van der Waals surface area contributed by atoms with Crippen LogP contribution in [0.3, 0.4) is 0 Å². The van der Waals surface area contributed by atoms with E-state index < -0.39 is 5.41 Å². The van der Waals surface area contributed by atoms with Gasteiger partial charge in [-0.25, -0.2) is 0 Å². The summed E-state index contributed by atoms with van der Waals surface area (Å²) in [6, 6.07) is 88.6. The molecular formula is C70H45NOS. The Kier molecular flexibility index (Phi) is 8.35. The molecule has 1 aromatic heterocycles. The van der Waals surface area contributed by atoms with Crippen LogP contribution in [0.1, 0.15) is 47.2 Å². The Morgan fingerprint density at radius 2 is 0.877 bits per heavy atom. The molecule has 1 spiro atoms. The molecule has 2 nitrogen and oxygen atoms in total. The summed E-state index contributed by atoms with van der Waals surface area (Å²) in [5.41, 5.74) is 24.8. The van der Waals surface area contributed by atoms with E-state index in [4.69, 9.17) is 4.74 Å². The molecule has 0 saturated heterocycles. The number of benzene rings is 11. The van der Waals surface area contributed by atoms with Crippen LogP contribution < -0.4 is 9.64 Å². The van der Waals surface area contributed by atoms with Gasteiger partial charge in [0.2, 0.25) is 0 Å². The van der Waals surface area contributed by atoms with Crippen LogP contribution in [0.4, 0.5) is 17.1 Å². The Morgan fingerprint density at radius 3 is 1.66 bits per heavy atom. The summed E-state index contributed by atoms with van der Waals surface area (Å²) in [5.74, 6) is 1.67. The average molecular weight is 948 g/mol. The van der Waals surface area contributed by atoms with Crippen molar-refractivity contribution in [2.45, 2.75) is 24.7 Å². The Balaban J connectivity index is 1.01. The first-order valence-corrected chi connectivity index (χ1v) is 26.2. The molecule has 11 aromatic carbocycles. The van der Waals surface area contributed by atoms with Gasteiger partial charge in [-0.2, -0.15) is 0 Å². The van der Waals surface area contributed by atoms with Gasteiger partial charge in [-0.05, 0) is 126 Å². The highest BCUT2D eigenvalue weighted by molar-refractivity contribution is 7.26. The van der Waals surface area contributed by atoms with E-state index in [9.17, 15) is 0 Å². The standard InChI is InChI=1S/C70H45NOS/c1-69(2)57-28-12-7-23-49(57)50-36-34-43(41-62(50)69)71(63-31-17-27-53-46-20-5-4-19-45(46)51-24-10-15-32-64(51)72-67(53)63)42-35-38-60-56(40-42)47-21-6-3-18-44(47)48-22-8-13-29-58(48)70(60)59-30-14-9-26-55(59)66-61(70)39-37-54-52-25-11-16-33-65(52)73-68(54)66/h3-41H,1-2H3. The molecule has 1 atom stereocenters. The van der Waals surface area contributed by atoms with E-state index in [-0.39, 0.29) is 5.41 Å². The topological polar surface area (TPSA) is 12.5 Å². The molecule has 342 valence electrons. The normalized spacial score (nSPS) is 15.5. The van der Waals surface area contributed by atoms with Gasteiger partial charge in [0, 0.05) is 53.7 Å². The fourth-order valence-electron chi connectivity index (χ4n) is 13.6. The van der Waals surface area contributed by atoms with Crippen molar-refractivity contribution < 1.29 is 4.74 Å². The first kappa shape index (κ1) is 40.9. The highest BCUT2D eigenvalue weighted by Crippen LogP contribution is 2.64. The van der Waals surface area contributed by atoms with Crippen molar-refractivity contribution >= 4 is 48.6 Å². The lowest BCUT2D eigenvalue weighted by atomic mass is 9.66. The number of fused-ring (bicyclic) bond motifs is 24. The Morgan fingerprint density at radius 1 is 0.356 bits per heavy atom. The van der Waals surface area contributed by atoms with Gasteiger partial charge in [-0.15, -0.1) is 11.3 Å². The minimum atomic E-state index is -0.631. The molecule has 4 aliphatic rings. The van der Waals surface area contributed by atoms with E-state index in [2.05, 4.69) is 255 Å². The molecule has 0 N–H and O–H groups in total. The van der Waals surface area contributed by atoms with E-state index in [0.717, 1.165) is 50.8 Å². The molecule has 73 heavy (non-hydrogen) atoms. The molecular weight excluding hydrogens is 903 g/mol. The van der Waals surface area contributed by atoms with Crippen molar-refractivity contribution in [2.75, 3.05) is 4.90 Å². The second-order valence-electron chi connectivity index (χ2n) is 20.6. The third-order valence-electron chi connectivity index (χ3n) is 16.7. The number of rotatable bonds is 3. The molecule has 1 unspecified atom stereocenters. The van der Waals surface area contributed by atoms with E-state index in [0.29, 0.717) is 0 Å². The van der Waals surface area contributed by atoms with Gasteiger partial charge in [0.1, 0.15) is 5.75 Å². The van der Waals surface area contributed by atoms with Crippen LogP contribution in [-0.4, -0.2) is 0 Å². The number of anilines is 3. The third kappa shape index (κ3) is 5.42. The Bertz CT molecular complexity index is 4360. The predicted molar refractivity (Wildman–Crippen MR) is 304 cm³/mol. The van der Waals surface area contributed by atoms with Crippen LogP contribution in [0, 0.1) is 0 Å². The van der Waals surface area contributed by atoms with E-state index in [1.165, 1.54) is 98.1 Å². The van der Waals surface area contributed by atoms with Crippen molar-refractivity contribution in [3.8, 4) is 78.3 Å². The summed E-state index contributed by atoms with van der Waals surface area (Å²) in [6.45, 7) is 4.75. The minimum absolute atomic E-state index is 0.205. The van der Waals surface area contributed by atoms with Gasteiger partial charge in [0.05, 0.1) is 11.1 Å². The van der Waals surface area contributed by atoms with Gasteiger partial charge in [-0.1, -0.05) is 208 Å². The Hall–Kier alpha value is -8.76. The van der Waals surface area contributed by atoms with Crippen LogP contribution in [0.25, 0.3) is 86.9 Å². The third-order valence-corrected chi connectivity index (χ3v) is 17.9. The summed E-state index contributed by atoms with van der Waals surface area (Å²) in [5, 5.41) is 2.63. The van der Waals surface area contributed by atoms with E-state index in [1.54, 1.807) is 0 Å². The van der Waals surface area contributed by atoms with E-state index >= 15 is 0 Å². The number of para-hydroxylation sites is 2. The number of ether oxygens (including phenoxy) is 1. The lowest BCUT2D eigenvalue weighted by Crippen LogP contribution is -2.29. The lowest BCUT2D eigenvalue weighted by molar-refractivity contribution is 0.489. The molecule has 0 amide bonds. The quantitative estimate of drug-likeness (QED) is 0.175. The molecule has 3 aliphatic carbocycles. The first-order valence-electron chi connectivity index (χ1n) is 25.4. The molecule has 0 bridgehead atoms. The monoisotopic (exact) mass is 947 g/mol. The zero-order valence-electron chi connectivity index (χ0n) is 40.3. The van der Waals surface area contributed by atoms with Gasteiger partial charge in [-0.3, -0.25) is 0 Å². The zero-order chi connectivity index (χ0) is 48.2.